The highest BCUT2D eigenvalue weighted by Gasteiger charge is 2.16. The lowest BCUT2D eigenvalue weighted by atomic mass is 10.1. The Morgan fingerprint density at radius 2 is 1.79 bits per heavy atom. The van der Waals surface area contributed by atoms with Gasteiger partial charge in [-0.3, -0.25) is 4.79 Å². The van der Waals surface area contributed by atoms with E-state index in [1.807, 2.05) is 24.0 Å². The first-order chi connectivity index (χ1) is 12.9. The van der Waals surface area contributed by atoms with Gasteiger partial charge in [0.2, 0.25) is 0 Å². The molecule has 2 rings (SSSR count). The number of aliphatic imine (C=N–C) groups is 1. The Morgan fingerprint density at radius 1 is 1.11 bits per heavy atom. The molecule has 0 aliphatic rings. The Labute approximate surface area is 189 Å². The standard InChI is InChI=1S/C21H30N4OS.HI/c1-5-22-20(24-16-21(2,3)27-4)23-14-17-9-11-18(12-10-17)15-25-13-7-6-8-19(25)26;/h6-13H,5,14-16H2,1-4H3,(H2,22,23,24);1H. The fourth-order valence-corrected chi connectivity index (χ4v) is 2.64. The largest absolute Gasteiger partial charge is 0.357 e. The second-order valence-corrected chi connectivity index (χ2v) is 8.51. The lowest BCUT2D eigenvalue weighted by Gasteiger charge is -2.23. The van der Waals surface area contributed by atoms with Gasteiger partial charge >= 0.3 is 0 Å². The number of halogens is 1. The number of rotatable bonds is 8. The lowest BCUT2D eigenvalue weighted by molar-refractivity contribution is 0.665. The second-order valence-electron chi connectivity index (χ2n) is 7.00. The molecule has 1 aromatic heterocycles. The van der Waals surface area contributed by atoms with E-state index in [9.17, 15) is 4.79 Å². The van der Waals surface area contributed by atoms with Gasteiger partial charge in [0.15, 0.2) is 5.96 Å². The zero-order chi connectivity index (χ0) is 19.7. The number of nitrogens with one attached hydrogen (secondary N) is 2. The highest BCUT2D eigenvalue weighted by Crippen LogP contribution is 2.19. The zero-order valence-corrected chi connectivity index (χ0v) is 20.2. The molecule has 5 nitrogen and oxygen atoms in total. The molecule has 0 fully saturated rings. The molecular formula is C21H31IN4OS. The summed E-state index contributed by atoms with van der Waals surface area (Å²) in [4.78, 5) is 16.5. The molecular weight excluding hydrogens is 483 g/mol. The quantitative estimate of drug-likeness (QED) is 0.321. The van der Waals surface area contributed by atoms with Gasteiger partial charge in [0, 0.05) is 30.1 Å². The molecule has 0 aliphatic carbocycles. The topological polar surface area (TPSA) is 58.4 Å². The van der Waals surface area contributed by atoms with Crippen molar-refractivity contribution in [2.45, 2.75) is 38.6 Å². The summed E-state index contributed by atoms with van der Waals surface area (Å²) in [5.41, 5.74) is 2.25. The maximum Gasteiger partial charge on any atom is 0.250 e. The summed E-state index contributed by atoms with van der Waals surface area (Å²) in [7, 11) is 0. The van der Waals surface area contributed by atoms with Crippen molar-refractivity contribution in [2.24, 2.45) is 4.99 Å². The van der Waals surface area contributed by atoms with Gasteiger partial charge in [-0.15, -0.1) is 24.0 Å². The van der Waals surface area contributed by atoms with E-state index in [2.05, 4.69) is 66.9 Å². The fourth-order valence-electron chi connectivity index (χ4n) is 2.42. The van der Waals surface area contributed by atoms with E-state index in [1.165, 1.54) is 0 Å². The smallest absolute Gasteiger partial charge is 0.250 e. The minimum atomic E-state index is 0. The van der Waals surface area contributed by atoms with Crippen LogP contribution in [0.1, 0.15) is 31.9 Å². The number of guanidine groups is 1. The van der Waals surface area contributed by atoms with Crippen molar-refractivity contribution in [2.75, 3.05) is 19.3 Å². The summed E-state index contributed by atoms with van der Waals surface area (Å²) < 4.78 is 1.86. The molecule has 1 heterocycles. The first-order valence-corrected chi connectivity index (χ1v) is 10.5. The van der Waals surface area contributed by atoms with Crippen LogP contribution in [0.3, 0.4) is 0 Å². The molecule has 7 heteroatoms. The number of nitrogens with zero attached hydrogens (tertiary/aromatic N) is 2. The molecule has 154 valence electrons. The molecule has 1 aromatic carbocycles. The molecule has 0 saturated carbocycles. The highest BCUT2D eigenvalue weighted by atomic mass is 127. The summed E-state index contributed by atoms with van der Waals surface area (Å²) in [6, 6.07) is 13.5. The first kappa shape index (κ1) is 24.6. The number of pyridine rings is 1. The SMILES string of the molecule is CCNC(=NCc1ccc(Cn2ccccc2=O)cc1)NCC(C)(C)SC.I. The third-order valence-corrected chi connectivity index (χ3v) is 5.52. The molecule has 28 heavy (non-hydrogen) atoms. The van der Waals surface area contributed by atoms with Crippen molar-refractivity contribution in [1.82, 2.24) is 15.2 Å². The maximum absolute atomic E-state index is 11.8. The van der Waals surface area contributed by atoms with Gasteiger partial charge in [-0.05, 0) is 44.2 Å². The van der Waals surface area contributed by atoms with Crippen LogP contribution in [0.5, 0.6) is 0 Å². The molecule has 0 saturated heterocycles. The zero-order valence-electron chi connectivity index (χ0n) is 17.1. The van der Waals surface area contributed by atoms with Crippen molar-refractivity contribution in [3.63, 3.8) is 0 Å². The molecule has 0 amide bonds. The van der Waals surface area contributed by atoms with Gasteiger partial charge in [0.1, 0.15) is 0 Å². The van der Waals surface area contributed by atoms with Crippen LogP contribution in [-0.2, 0) is 13.1 Å². The van der Waals surface area contributed by atoms with Crippen LogP contribution < -0.4 is 16.2 Å². The molecule has 0 spiro atoms. The summed E-state index contributed by atoms with van der Waals surface area (Å²) in [5, 5.41) is 6.70. The number of thioether (sulfide) groups is 1. The number of aromatic nitrogens is 1. The summed E-state index contributed by atoms with van der Waals surface area (Å²) >= 11 is 1.84. The van der Waals surface area contributed by atoms with Gasteiger partial charge in [0.25, 0.3) is 5.56 Å². The molecule has 0 bridgehead atoms. The van der Waals surface area contributed by atoms with Crippen molar-refractivity contribution in [3.8, 4) is 0 Å². The Kier molecular flexibility index (Phi) is 10.7. The Morgan fingerprint density at radius 3 is 2.39 bits per heavy atom. The molecule has 0 unspecified atom stereocenters. The number of hydrogen-bond acceptors (Lipinski definition) is 3. The second kappa shape index (κ2) is 12.2. The third-order valence-electron chi connectivity index (χ3n) is 4.27. The van der Waals surface area contributed by atoms with Crippen LogP contribution in [0.25, 0.3) is 0 Å². The molecule has 2 N–H and O–H groups in total. The van der Waals surface area contributed by atoms with E-state index in [-0.39, 0.29) is 34.3 Å². The molecule has 0 atom stereocenters. The third kappa shape index (κ3) is 8.26. The van der Waals surface area contributed by atoms with Crippen LogP contribution >= 0.6 is 35.7 Å². The van der Waals surface area contributed by atoms with E-state index >= 15 is 0 Å². The molecule has 0 aliphatic heterocycles. The summed E-state index contributed by atoms with van der Waals surface area (Å²) in [6.07, 6.45) is 3.93. The summed E-state index contributed by atoms with van der Waals surface area (Å²) in [5.74, 6) is 0.833. The predicted molar refractivity (Wildman–Crippen MR) is 132 cm³/mol. The van der Waals surface area contributed by atoms with E-state index in [4.69, 9.17) is 0 Å². The van der Waals surface area contributed by atoms with E-state index in [0.29, 0.717) is 13.1 Å². The van der Waals surface area contributed by atoms with Crippen LogP contribution in [0.2, 0.25) is 0 Å². The van der Waals surface area contributed by atoms with Gasteiger partial charge in [0.05, 0.1) is 13.1 Å². The summed E-state index contributed by atoms with van der Waals surface area (Å²) in [6.45, 7) is 9.37. The Bertz CT molecular complexity index is 803. The molecule has 2 aromatic rings. The average Bonchev–Trinajstić information content (AvgIpc) is 2.67. The van der Waals surface area contributed by atoms with Crippen LogP contribution in [0.4, 0.5) is 0 Å². The van der Waals surface area contributed by atoms with Crippen molar-refractivity contribution < 1.29 is 0 Å². The minimum absolute atomic E-state index is 0. The lowest BCUT2D eigenvalue weighted by Crippen LogP contribution is -2.43. The number of benzene rings is 1. The normalized spacial score (nSPS) is 11.6. The van der Waals surface area contributed by atoms with E-state index < -0.39 is 0 Å². The van der Waals surface area contributed by atoms with E-state index in [1.54, 1.807) is 16.7 Å². The Hall–Kier alpha value is -1.48. The highest BCUT2D eigenvalue weighted by molar-refractivity contribution is 14.0. The maximum atomic E-state index is 11.8. The monoisotopic (exact) mass is 514 g/mol. The molecule has 0 radical (unpaired) electrons. The van der Waals surface area contributed by atoms with Crippen molar-refractivity contribution >= 4 is 41.7 Å². The van der Waals surface area contributed by atoms with Crippen molar-refractivity contribution in [3.05, 3.63) is 70.1 Å². The fraction of sp³-hybridized carbons (Fsp3) is 0.429. The van der Waals surface area contributed by atoms with E-state index in [0.717, 1.165) is 30.2 Å². The minimum Gasteiger partial charge on any atom is -0.357 e. The predicted octanol–water partition coefficient (Wildman–Crippen LogP) is 3.71. The number of hydrogen-bond donors (Lipinski definition) is 2. The van der Waals surface area contributed by atoms with Crippen molar-refractivity contribution in [1.29, 1.82) is 0 Å². The van der Waals surface area contributed by atoms with Gasteiger partial charge < -0.3 is 15.2 Å². The van der Waals surface area contributed by atoms with Crippen LogP contribution in [0.15, 0.2) is 58.4 Å². The van der Waals surface area contributed by atoms with Gasteiger partial charge in [-0.25, -0.2) is 4.99 Å². The Balaban J connectivity index is 0.00000392. The average molecular weight is 514 g/mol. The van der Waals surface area contributed by atoms with Gasteiger partial charge in [-0.1, -0.05) is 30.3 Å². The van der Waals surface area contributed by atoms with Crippen LogP contribution in [0, 0.1) is 0 Å². The van der Waals surface area contributed by atoms with Crippen LogP contribution in [-0.4, -0.2) is 34.6 Å². The first-order valence-electron chi connectivity index (χ1n) is 9.24. The van der Waals surface area contributed by atoms with Gasteiger partial charge in [-0.2, -0.15) is 11.8 Å².